The molecule has 1 amide bonds. The highest BCUT2D eigenvalue weighted by molar-refractivity contribution is 6.07. The molecule has 0 atom stereocenters. The molecule has 0 radical (unpaired) electrons. The lowest BCUT2D eigenvalue weighted by Gasteiger charge is -2.26. The number of ether oxygens (including phenoxy) is 1. The summed E-state index contributed by atoms with van der Waals surface area (Å²) in [4.78, 5) is 25.8. The molecule has 0 aromatic heterocycles. The van der Waals surface area contributed by atoms with Gasteiger partial charge in [0.25, 0.3) is 5.91 Å². The number of hydrogen-bond acceptors (Lipinski definition) is 4. The Bertz CT molecular complexity index is 482. The van der Waals surface area contributed by atoms with Gasteiger partial charge in [0.1, 0.15) is 0 Å². The summed E-state index contributed by atoms with van der Waals surface area (Å²) in [6.07, 6.45) is 0. The topological polar surface area (TPSA) is 58.6 Å². The number of amides is 1. The lowest BCUT2D eigenvalue weighted by molar-refractivity contribution is 0.0383. The normalized spacial score (nSPS) is 15.8. The van der Waals surface area contributed by atoms with Crippen LogP contribution < -0.4 is 5.32 Å². The summed E-state index contributed by atoms with van der Waals surface area (Å²) < 4.78 is 5.27. The Labute approximate surface area is 118 Å². The van der Waals surface area contributed by atoms with Crippen LogP contribution in [-0.2, 0) is 4.74 Å². The van der Waals surface area contributed by atoms with Crippen LogP contribution in [0.15, 0.2) is 24.3 Å². The molecule has 108 valence electrons. The number of benzene rings is 1. The fourth-order valence-electron chi connectivity index (χ4n) is 2.24. The number of Topliss-reactive ketones (excluding diaryl/α,β-unsaturated/α-hetero) is 1. The number of nitrogens with zero attached hydrogens (tertiary/aromatic N) is 1. The third-order valence-electron chi connectivity index (χ3n) is 3.37. The van der Waals surface area contributed by atoms with E-state index >= 15 is 0 Å². The fraction of sp³-hybridized carbons (Fsp3) is 0.467. The van der Waals surface area contributed by atoms with Crippen molar-refractivity contribution < 1.29 is 14.3 Å². The SMILES string of the molecule is CC(=O)c1ccccc1C(=O)NCCN1CCOCC1. The van der Waals surface area contributed by atoms with Crippen LogP contribution in [-0.4, -0.2) is 56.0 Å². The van der Waals surface area contributed by atoms with Crippen LogP contribution in [0.1, 0.15) is 27.6 Å². The van der Waals surface area contributed by atoms with Gasteiger partial charge in [-0.2, -0.15) is 0 Å². The van der Waals surface area contributed by atoms with Gasteiger partial charge in [-0.15, -0.1) is 0 Å². The Morgan fingerprint density at radius 1 is 1.20 bits per heavy atom. The predicted molar refractivity (Wildman–Crippen MR) is 76.0 cm³/mol. The maximum Gasteiger partial charge on any atom is 0.252 e. The number of rotatable bonds is 5. The summed E-state index contributed by atoms with van der Waals surface area (Å²) in [6, 6.07) is 6.89. The Morgan fingerprint density at radius 2 is 1.85 bits per heavy atom. The highest BCUT2D eigenvalue weighted by Gasteiger charge is 2.14. The molecule has 5 heteroatoms. The molecule has 0 aliphatic carbocycles. The smallest absolute Gasteiger partial charge is 0.252 e. The third-order valence-corrected chi connectivity index (χ3v) is 3.37. The lowest BCUT2D eigenvalue weighted by atomic mass is 10.0. The summed E-state index contributed by atoms with van der Waals surface area (Å²) in [7, 11) is 0. The standard InChI is InChI=1S/C15H20N2O3/c1-12(18)13-4-2-3-5-14(13)15(19)16-6-7-17-8-10-20-11-9-17/h2-5H,6-11H2,1H3,(H,16,19). The van der Waals surface area contributed by atoms with Gasteiger partial charge in [-0.3, -0.25) is 14.5 Å². The number of carbonyl (C=O) groups excluding carboxylic acids is 2. The van der Waals surface area contributed by atoms with Gasteiger partial charge in [0.05, 0.1) is 18.8 Å². The zero-order chi connectivity index (χ0) is 14.4. The van der Waals surface area contributed by atoms with Crippen LogP contribution in [0.2, 0.25) is 0 Å². The molecule has 1 saturated heterocycles. The van der Waals surface area contributed by atoms with Crippen LogP contribution in [0, 0.1) is 0 Å². The first-order valence-electron chi connectivity index (χ1n) is 6.87. The number of hydrogen-bond donors (Lipinski definition) is 1. The highest BCUT2D eigenvalue weighted by Crippen LogP contribution is 2.09. The van der Waals surface area contributed by atoms with E-state index in [1.54, 1.807) is 24.3 Å². The van der Waals surface area contributed by atoms with Crippen molar-refractivity contribution in [2.75, 3.05) is 39.4 Å². The van der Waals surface area contributed by atoms with E-state index in [9.17, 15) is 9.59 Å². The number of ketones is 1. The zero-order valence-electron chi connectivity index (χ0n) is 11.7. The predicted octanol–water partition coefficient (Wildman–Crippen LogP) is 0.951. The maximum atomic E-state index is 12.1. The first-order valence-corrected chi connectivity index (χ1v) is 6.87. The fourth-order valence-corrected chi connectivity index (χ4v) is 2.24. The van der Waals surface area contributed by atoms with Gasteiger partial charge in [0.2, 0.25) is 0 Å². The van der Waals surface area contributed by atoms with Crippen molar-refractivity contribution in [3.63, 3.8) is 0 Å². The quantitative estimate of drug-likeness (QED) is 0.814. The van der Waals surface area contributed by atoms with Crippen molar-refractivity contribution in [1.82, 2.24) is 10.2 Å². The average molecular weight is 276 g/mol. The minimum Gasteiger partial charge on any atom is -0.379 e. The molecule has 1 aromatic carbocycles. The van der Waals surface area contributed by atoms with Gasteiger partial charge < -0.3 is 10.1 Å². The van der Waals surface area contributed by atoms with Crippen molar-refractivity contribution in [3.05, 3.63) is 35.4 Å². The van der Waals surface area contributed by atoms with Crippen LogP contribution in [0.25, 0.3) is 0 Å². The molecule has 1 heterocycles. The van der Waals surface area contributed by atoms with Gasteiger partial charge in [0.15, 0.2) is 5.78 Å². The van der Waals surface area contributed by atoms with Crippen LogP contribution >= 0.6 is 0 Å². The van der Waals surface area contributed by atoms with E-state index in [0.717, 1.165) is 32.8 Å². The summed E-state index contributed by atoms with van der Waals surface area (Å²) >= 11 is 0. The van der Waals surface area contributed by atoms with Crippen LogP contribution in [0.4, 0.5) is 0 Å². The monoisotopic (exact) mass is 276 g/mol. The first-order chi connectivity index (χ1) is 9.68. The number of morpholine rings is 1. The van der Waals surface area contributed by atoms with E-state index in [2.05, 4.69) is 10.2 Å². The minimum atomic E-state index is -0.191. The van der Waals surface area contributed by atoms with Crippen molar-refractivity contribution >= 4 is 11.7 Å². The molecule has 1 N–H and O–H groups in total. The molecule has 5 nitrogen and oxygen atoms in total. The molecular formula is C15H20N2O3. The lowest BCUT2D eigenvalue weighted by Crippen LogP contribution is -2.41. The second kappa shape index (κ2) is 7.17. The Hall–Kier alpha value is -1.72. The molecule has 20 heavy (non-hydrogen) atoms. The molecule has 1 aliphatic rings. The van der Waals surface area contributed by atoms with Gasteiger partial charge in [-0.25, -0.2) is 0 Å². The van der Waals surface area contributed by atoms with Crippen LogP contribution in [0.5, 0.6) is 0 Å². The van der Waals surface area contributed by atoms with Gasteiger partial charge in [0, 0.05) is 31.7 Å². The molecule has 1 aromatic rings. The van der Waals surface area contributed by atoms with Crippen molar-refractivity contribution in [2.24, 2.45) is 0 Å². The van der Waals surface area contributed by atoms with Gasteiger partial charge >= 0.3 is 0 Å². The number of carbonyl (C=O) groups is 2. The van der Waals surface area contributed by atoms with Gasteiger partial charge in [-0.05, 0) is 13.0 Å². The number of nitrogens with one attached hydrogen (secondary N) is 1. The van der Waals surface area contributed by atoms with Crippen molar-refractivity contribution in [1.29, 1.82) is 0 Å². The van der Waals surface area contributed by atoms with E-state index in [-0.39, 0.29) is 11.7 Å². The molecule has 1 aliphatic heterocycles. The minimum absolute atomic E-state index is 0.0936. The molecule has 2 rings (SSSR count). The second-order valence-electron chi connectivity index (χ2n) is 4.81. The molecule has 1 fully saturated rings. The van der Waals surface area contributed by atoms with E-state index in [4.69, 9.17) is 4.74 Å². The molecule has 0 bridgehead atoms. The summed E-state index contributed by atoms with van der Waals surface area (Å²) in [5, 5.41) is 2.87. The molecule has 0 saturated carbocycles. The second-order valence-corrected chi connectivity index (χ2v) is 4.81. The van der Waals surface area contributed by atoms with E-state index < -0.39 is 0 Å². The average Bonchev–Trinajstić information content (AvgIpc) is 2.48. The maximum absolute atomic E-state index is 12.1. The van der Waals surface area contributed by atoms with Crippen molar-refractivity contribution in [3.8, 4) is 0 Å². The zero-order valence-corrected chi connectivity index (χ0v) is 11.7. The van der Waals surface area contributed by atoms with Crippen LogP contribution in [0.3, 0.4) is 0 Å². The molecular weight excluding hydrogens is 256 g/mol. The van der Waals surface area contributed by atoms with Gasteiger partial charge in [-0.1, -0.05) is 18.2 Å². The Kier molecular flexibility index (Phi) is 5.26. The van der Waals surface area contributed by atoms with E-state index in [0.29, 0.717) is 17.7 Å². The largest absolute Gasteiger partial charge is 0.379 e. The van der Waals surface area contributed by atoms with E-state index in [1.807, 2.05) is 0 Å². The summed E-state index contributed by atoms with van der Waals surface area (Å²) in [5.41, 5.74) is 0.915. The third kappa shape index (κ3) is 3.88. The first kappa shape index (κ1) is 14.7. The molecule has 0 spiro atoms. The summed E-state index contributed by atoms with van der Waals surface area (Å²) in [5.74, 6) is -0.284. The summed E-state index contributed by atoms with van der Waals surface area (Å²) in [6.45, 7) is 6.16. The van der Waals surface area contributed by atoms with E-state index in [1.165, 1.54) is 6.92 Å². The molecule has 0 unspecified atom stereocenters. The Morgan fingerprint density at radius 3 is 2.50 bits per heavy atom. The van der Waals surface area contributed by atoms with Crippen molar-refractivity contribution in [2.45, 2.75) is 6.92 Å². The Balaban J connectivity index is 1.87. The highest BCUT2D eigenvalue weighted by atomic mass is 16.5.